The Labute approximate surface area is 153 Å². The number of amides is 1. The van der Waals surface area contributed by atoms with E-state index in [1.165, 1.54) is 5.56 Å². The number of sulfone groups is 1. The van der Waals surface area contributed by atoms with E-state index in [2.05, 4.69) is 10.4 Å². The summed E-state index contributed by atoms with van der Waals surface area (Å²) < 4.78 is 25.4. The van der Waals surface area contributed by atoms with Crippen molar-refractivity contribution in [3.05, 3.63) is 52.3 Å². The fourth-order valence-electron chi connectivity index (χ4n) is 3.86. The summed E-state index contributed by atoms with van der Waals surface area (Å²) in [5.74, 6) is 0.0869. The molecule has 6 nitrogen and oxygen atoms in total. The van der Waals surface area contributed by atoms with E-state index >= 15 is 0 Å². The lowest BCUT2D eigenvalue weighted by atomic mass is 10.1. The van der Waals surface area contributed by atoms with Crippen LogP contribution in [0.1, 0.15) is 51.8 Å². The molecule has 1 unspecified atom stereocenters. The minimum atomic E-state index is -3.03. The Hall–Kier alpha value is -2.15. The molecule has 0 bridgehead atoms. The van der Waals surface area contributed by atoms with Crippen molar-refractivity contribution in [1.29, 1.82) is 0 Å². The van der Waals surface area contributed by atoms with Crippen molar-refractivity contribution in [2.45, 2.75) is 45.2 Å². The third kappa shape index (κ3) is 3.28. The molecule has 1 amide bonds. The summed E-state index contributed by atoms with van der Waals surface area (Å²) in [4.78, 5) is 12.9. The highest BCUT2D eigenvalue weighted by atomic mass is 32.2. The largest absolute Gasteiger partial charge is 0.347 e. The number of aromatic nitrogens is 2. The van der Waals surface area contributed by atoms with Crippen LogP contribution < -0.4 is 5.32 Å². The summed E-state index contributed by atoms with van der Waals surface area (Å²) >= 11 is 0. The number of carbonyl (C=O) groups is 1. The zero-order valence-electron chi connectivity index (χ0n) is 14.9. The van der Waals surface area contributed by atoms with E-state index in [-0.39, 0.29) is 23.5 Å². The number of hydrogen-bond donors (Lipinski definition) is 1. The highest BCUT2D eigenvalue weighted by Crippen LogP contribution is 2.31. The fourth-order valence-corrected chi connectivity index (χ4v) is 5.55. The Morgan fingerprint density at radius 1 is 1.27 bits per heavy atom. The number of nitrogens with zero attached hydrogens (tertiary/aromatic N) is 2. The van der Waals surface area contributed by atoms with E-state index in [0.29, 0.717) is 18.7 Å². The van der Waals surface area contributed by atoms with Gasteiger partial charge in [0.2, 0.25) is 0 Å². The van der Waals surface area contributed by atoms with Gasteiger partial charge in [0.15, 0.2) is 9.84 Å². The molecule has 1 aliphatic heterocycles. The van der Waals surface area contributed by atoms with Crippen LogP contribution in [0.3, 0.4) is 0 Å². The zero-order chi connectivity index (χ0) is 18.3. The maximum atomic E-state index is 12.9. The first-order chi connectivity index (χ1) is 12.4. The van der Waals surface area contributed by atoms with Crippen molar-refractivity contribution in [2.75, 3.05) is 11.5 Å². The van der Waals surface area contributed by atoms with Crippen molar-refractivity contribution < 1.29 is 13.2 Å². The lowest BCUT2D eigenvalue weighted by Crippen LogP contribution is -2.28. The van der Waals surface area contributed by atoms with Gasteiger partial charge in [-0.05, 0) is 38.2 Å². The molecule has 1 aromatic carbocycles. The van der Waals surface area contributed by atoms with Crippen molar-refractivity contribution in [2.24, 2.45) is 0 Å². The Kier molecular flexibility index (Phi) is 4.34. The highest BCUT2D eigenvalue weighted by molar-refractivity contribution is 7.91. The van der Waals surface area contributed by atoms with Crippen molar-refractivity contribution in [3.8, 4) is 0 Å². The Morgan fingerprint density at radius 2 is 2.04 bits per heavy atom. The first-order valence-corrected chi connectivity index (χ1v) is 10.9. The SMILES string of the molecule is Cc1ccc(CNC(=O)c2c3c(nn2C2CCS(=O)(=O)C2)CCC3)cc1. The van der Waals surface area contributed by atoms with Gasteiger partial charge in [0.25, 0.3) is 5.91 Å². The summed E-state index contributed by atoms with van der Waals surface area (Å²) in [6.45, 7) is 2.47. The minimum absolute atomic E-state index is 0.0752. The molecule has 7 heteroatoms. The number of nitrogens with one attached hydrogen (secondary N) is 1. The smallest absolute Gasteiger partial charge is 0.270 e. The molecule has 1 saturated heterocycles. The maximum absolute atomic E-state index is 12.9. The number of aryl methyl sites for hydroxylation is 2. The van der Waals surface area contributed by atoms with Gasteiger partial charge in [-0.3, -0.25) is 9.48 Å². The predicted octanol–water partition coefficient (Wildman–Crippen LogP) is 1.97. The van der Waals surface area contributed by atoms with Crippen LogP contribution in [0.5, 0.6) is 0 Å². The molecule has 2 aromatic rings. The van der Waals surface area contributed by atoms with Gasteiger partial charge in [-0.1, -0.05) is 29.8 Å². The predicted molar refractivity (Wildman–Crippen MR) is 98.9 cm³/mol. The molecule has 0 spiro atoms. The third-order valence-electron chi connectivity index (χ3n) is 5.28. The van der Waals surface area contributed by atoms with Crippen LogP contribution in [-0.2, 0) is 29.2 Å². The Morgan fingerprint density at radius 3 is 2.73 bits per heavy atom. The standard InChI is InChI=1S/C19H23N3O3S/c1-13-5-7-14(8-6-13)11-20-19(23)18-16-3-2-4-17(16)21-22(18)15-9-10-26(24,25)12-15/h5-8,15H,2-4,9-12H2,1H3,(H,20,23). The van der Waals surface area contributed by atoms with Gasteiger partial charge in [0.05, 0.1) is 23.2 Å². The second-order valence-corrected chi connectivity index (χ2v) is 9.53. The molecule has 0 saturated carbocycles. The highest BCUT2D eigenvalue weighted by Gasteiger charge is 2.35. The van der Waals surface area contributed by atoms with Crippen molar-refractivity contribution >= 4 is 15.7 Å². The van der Waals surface area contributed by atoms with E-state index < -0.39 is 9.84 Å². The molecule has 0 radical (unpaired) electrons. The first-order valence-electron chi connectivity index (χ1n) is 9.07. The summed E-state index contributed by atoms with van der Waals surface area (Å²) in [7, 11) is -3.03. The molecule has 26 heavy (non-hydrogen) atoms. The molecular formula is C19H23N3O3S. The van der Waals surface area contributed by atoms with Crippen LogP contribution in [0.25, 0.3) is 0 Å². The molecule has 1 aromatic heterocycles. The number of benzene rings is 1. The monoisotopic (exact) mass is 373 g/mol. The van der Waals surface area contributed by atoms with Gasteiger partial charge in [0, 0.05) is 12.1 Å². The van der Waals surface area contributed by atoms with Crippen LogP contribution >= 0.6 is 0 Å². The molecule has 1 fully saturated rings. The van der Waals surface area contributed by atoms with Gasteiger partial charge >= 0.3 is 0 Å². The lowest BCUT2D eigenvalue weighted by Gasteiger charge is -2.14. The topological polar surface area (TPSA) is 81.1 Å². The summed E-state index contributed by atoms with van der Waals surface area (Å²) in [6, 6.07) is 7.81. The van der Waals surface area contributed by atoms with Crippen LogP contribution in [0.2, 0.25) is 0 Å². The molecule has 4 rings (SSSR count). The van der Waals surface area contributed by atoms with Gasteiger partial charge in [0.1, 0.15) is 5.69 Å². The van der Waals surface area contributed by atoms with Crippen LogP contribution in [-0.4, -0.2) is 35.6 Å². The van der Waals surface area contributed by atoms with Crippen LogP contribution in [0.4, 0.5) is 0 Å². The molecule has 1 aliphatic carbocycles. The molecule has 2 heterocycles. The van der Waals surface area contributed by atoms with Crippen LogP contribution in [0, 0.1) is 6.92 Å². The van der Waals surface area contributed by atoms with E-state index in [1.54, 1.807) is 4.68 Å². The first kappa shape index (κ1) is 17.3. The molecule has 138 valence electrons. The van der Waals surface area contributed by atoms with Gasteiger partial charge in [-0.25, -0.2) is 8.42 Å². The van der Waals surface area contributed by atoms with Crippen molar-refractivity contribution in [1.82, 2.24) is 15.1 Å². The van der Waals surface area contributed by atoms with E-state index in [1.807, 2.05) is 31.2 Å². The molecule has 1 N–H and O–H groups in total. The second kappa shape index (κ2) is 6.54. The van der Waals surface area contributed by atoms with Gasteiger partial charge in [-0.2, -0.15) is 5.10 Å². The molecule has 1 atom stereocenters. The number of carbonyl (C=O) groups excluding carboxylic acids is 1. The van der Waals surface area contributed by atoms with Gasteiger partial charge in [-0.15, -0.1) is 0 Å². The van der Waals surface area contributed by atoms with E-state index in [0.717, 1.165) is 36.1 Å². The second-order valence-electron chi connectivity index (χ2n) is 7.30. The minimum Gasteiger partial charge on any atom is -0.347 e. The summed E-state index contributed by atoms with van der Waals surface area (Å²) in [5, 5.41) is 7.60. The summed E-state index contributed by atoms with van der Waals surface area (Å²) in [5.41, 5.74) is 4.73. The third-order valence-corrected chi connectivity index (χ3v) is 7.03. The fraction of sp³-hybridized carbons (Fsp3) is 0.474. The maximum Gasteiger partial charge on any atom is 0.270 e. The summed E-state index contributed by atoms with van der Waals surface area (Å²) in [6.07, 6.45) is 3.23. The average molecular weight is 373 g/mol. The lowest BCUT2D eigenvalue weighted by molar-refractivity contribution is 0.0937. The average Bonchev–Trinajstić information content (AvgIpc) is 3.27. The number of hydrogen-bond acceptors (Lipinski definition) is 4. The Bertz CT molecular complexity index is 945. The van der Waals surface area contributed by atoms with E-state index in [4.69, 9.17) is 0 Å². The van der Waals surface area contributed by atoms with Crippen LogP contribution in [0.15, 0.2) is 24.3 Å². The molecular weight excluding hydrogens is 350 g/mol. The van der Waals surface area contributed by atoms with E-state index in [9.17, 15) is 13.2 Å². The van der Waals surface area contributed by atoms with Gasteiger partial charge < -0.3 is 5.32 Å². The Balaban J connectivity index is 1.58. The number of fused-ring (bicyclic) bond motifs is 1. The number of rotatable bonds is 4. The normalized spacial score (nSPS) is 20.9. The van der Waals surface area contributed by atoms with Crippen molar-refractivity contribution in [3.63, 3.8) is 0 Å². The molecule has 2 aliphatic rings. The zero-order valence-corrected chi connectivity index (χ0v) is 15.7. The quantitative estimate of drug-likeness (QED) is 0.888.